The van der Waals surface area contributed by atoms with Crippen molar-refractivity contribution in [3.63, 3.8) is 0 Å². The van der Waals surface area contributed by atoms with Crippen molar-refractivity contribution >= 4 is 23.4 Å². The summed E-state index contributed by atoms with van der Waals surface area (Å²) >= 11 is 0. The van der Waals surface area contributed by atoms with Crippen LogP contribution in [0, 0.1) is 0 Å². The lowest BCUT2D eigenvalue weighted by atomic mass is 9.92. The van der Waals surface area contributed by atoms with E-state index < -0.39 is 11.7 Å². The number of carbonyl (C=O) groups excluding carboxylic acids is 1. The Morgan fingerprint density at radius 2 is 1.87 bits per heavy atom. The molecule has 4 rings (SSSR count). The largest absolute Gasteiger partial charge is 0.421 e. The van der Waals surface area contributed by atoms with Crippen LogP contribution in [0.1, 0.15) is 49.3 Å². The minimum atomic E-state index is -4.56. The van der Waals surface area contributed by atoms with Crippen LogP contribution in [0.2, 0.25) is 0 Å². The van der Waals surface area contributed by atoms with Gasteiger partial charge in [-0.1, -0.05) is 6.07 Å². The van der Waals surface area contributed by atoms with Crippen LogP contribution in [0.15, 0.2) is 24.4 Å². The standard InChI is InChI=1S/C21H25F3N6O/c1-12(31)30-10-13-2-5-17(8-14(13)11-30)28-20-26-9-18(21(22,23)24)19(29-20)27-16-6-3-15(25)4-7-16/h2,5,8-9,15-16H,3-4,6-7,10-11,25H2,1H3,(H2,26,27,28,29). The molecular formula is C21H25F3N6O. The van der Waals surface area contributed by atoms with Crippen molar-refractivity contribution < 1.29 is 18.0 Å². The minimum absolute atomic E-state index is 0.00355. The molecule has 1 aliphatic carbocycles. The highest BCUT2D eigenvalue weighted by Crippen LogP contribution is 2.35. The van der Waals surface area contributed by atoms with Gasteiger partial charge in [-0.25, -0.2) is 4.98 Å². The summed E-state index contributed by atoms with van der Waals surface area (Å²) < 4.78 is 40.4. The summed E-state index contributed by atoms with van der Waals surface area (Å²) in [6.45, 7) is 2.58. The third kappa shape index (κ3) is 4.90. The highest BCUT2D eigenvalue weighted by molar-refractivity contribution is 5.74. The van der Waals surface area contributed by atoms with Gasteiger partial charge in [0.25, 0.3) is 0 Å². The molecule has 2 heterocycles. The van der Waals surface area contributed by atoms with Crippen LogP contribution in [0.5, 0.6) is 0 Å². The molecule has 4 N–H and O–H groups in total. The second-order valence-corrected chi connectivity index (χ2v) is 8.19. The normalized spacial score (nSPS) is 21.0. The lowest BCUT2D eigenvalue weighted by Crippen LogP contribution is -2.33. The molecule has 1 fully saturated rings. The van der Waals surface area contributed by atoms with Gasteiger partial charge in [0.1, 0.15) is 11.4 Å². The van der Waals surface area contributed by atoms with Crippen molar-refractivity contribution in [1.29, 1.82) is 0 Å². The van der Waals surface area contributed by atoms with Crippen molar-refractivity contribution in [1.82, 2.24) is 14.9 Å². The topological polar surface area (TPSA) is 96.2 Å². The molecule has 0 radical (unpaired) electrons. The number of anilines is 3. The van der Waals surface area contributed by atoms with Gasteiger partial charge >= 0.3 is 6.18 Å². The fraction of sp³-hybridized carbons (Fsp3) is 0.476. The van der Waals surface area contributed by atoms with E-state index in [9.17, 15) is 18.0 Å². The predicted octanol–water partition coefficient (Wildman–Crippen LogP) is 3.78. The van der Waals surface area contributed by atoms with Crippen molar-refractivity contribution in [2.45, 2.75) is 64.0 Å². The number of benzene rings is 1. The number of amides is 1. The first-order chi connectivity index (χ1) is 14.7. The summed E-state index contributed by atoms with van der Waals surface area (Å²) in [4.78, 5) is 21.3. The Morgan fingerprint density at radius 3 is 2.55 bits per heavy atom. The molecule has 7 nitrogen and oxygen atoms in total. The maximum absolute atomic E-state index is 13.5. The number of nitrogens with two attached hydrogens (primary N) is 1. The van der Waals surface area contributed by atoms with E-state index in [0.717, 1.165) is 30.2 Å². The fourth-order valence-corrected chi connectivity index (χ4v) is 4.04. The van der Waals surface area contributed by atoms with E-state index in [1.807, 2.05) is 12.1 Å². The third-order valence-electron chi connectivity index (χ3n) is 5.84. The Bertz CT molecular complexity index is 972. The van der Waals surface area contributed by atoms with Crippen molar-refractivity contribution in [2.75, 3.05) is 10.6 Å². The van der Waals surface area contributed by atoms with Crippen LogP contribution < -0.4 is 16.4 Å². The monoisotopic (exact) mass is 434 g/mol. The second-order valence-electron chi connectivity index (χ2n) is 8.19. The molecule has 1 aromatic carbocycles. The fourth-order valence-electron chi connectivity index (χ4n) is 4.04. The van der Waals surface area contributed by atoms with E-state index in [2.05, 4.69) is 20.6 Å². The minimum Gasteiger partial charge on any atom is -0.367 e. The van der Waals surface area contributed by atoms with Gasteiger partial charge in [0, 0.05) is 44.0 Å². The molecule has 2 aliphatic rings. The van der Waals surface area contributed by atoms with Gasteiger partial charge in [-0.2, -0.15) is 18.2 Å². The summed E-state index contributed by atoms with van der Waals surface area (Å²) in [6.07, 6.45) is -0.832. The van der Waals surface area contributed by atoms with Gasteiger partial charge in [-0.05, 0) is 48.9 Å². The number of aromatic nitrogens is 2. The molecular weight excluding hydrogens is 409 g/mol. The summed E-state index contributed by atoms with van der Waals surface area (Å²) in [7, 11) is 0. The predicted molar refractivity (Wildman–Crippen MR) is 111 cm³/mol. The van der Waals surface area contributed by atoms with E-state index in [4.69, 9.17) is 5.73 Å². The van der Waals surface area contributed by atoms with Crippen molar-refractivity contribution in [3.8, 4) is 0 Å². The lowest BCUT2D eigenvalue weighted by Gasteiger charge is -2.28. The first-order valence-corrected chi connectivity index (χ1v) is 10.3. The van der Waals surface area contributed by atoms with Crippen LogP contribution in [0.4, 0.5) is 30.6 Å². The highest BCUT2D eigenvalue weighted by atomic mass is 19.4. The van der Waals surface area contributed by atoms with E-state index >= 15 is 0 Å². The van der Waals surface area contributed by atoms with E-state index in [1.165, 1.54) is 6.92 Å². The molecule has 0 atom stereocenters. The molecule has 0 spiro atoms. The van der Waals surface area contributed by atoms with E-state index in [1.54, 1.807) is 11.0 Å². The van der Waals surface area contributed by atoms with Crippen molar-refractivity contribution in [2.24, 2.45) is 5.73 Å². The zero-order valence-electron chi connectivity index (χ0n) is 17.2. The second kappa shape index (κ2) is 8.33. The molecule has 0 bridgehead atoms. The van der Waals surface area contributed by atoms with Gasteiger partial charge in [-0.15, -0.1) is 0 Å². The Labute approximate surface area is 178 Å². The molecule has 0 unspecified atom stereocenters. The van der Waals surface area contributed by atoms with Gasteiger partial charge in [0.2, 0.25) is 11.9 Å². The molecule has 1 aromatic heterocycles. The first kappa shape index (κ1) is 21.4. The van der Waals surface area contributed by atoms with Crippen molar-refractivity contribution in [3.05, 3.63) is 41.1 Å². The van der Waals surface area contributed by atoms with Crippen LogP contribution in [-0.4, -0.2) is 32.9 Å². The molecule has 10 heteroatoms. The molecule has 1 aliphatic heterocycles. The summed E-state index contributed by atoms with van der Waals surface area (Å²) in [5.74, 6) is -0.157. The van der Waals surface area contributed by atoms with E-state index in [-0.39, 0.29) is 29.8 Å². The molecule has 0 saturated heterocycles. The van der Waals surface area contributed by atoms with Crippen LogP contribution in [0.25, 0.3) is 0 Å². The number of fused-ring (bicyclic) bond motifs is 1. The summed E-state index contributed by atoms with van der Waals surface area (Å²) in [6, 6.07) is 5.56. The third-order valence-corrected chi connectivity index (χ3v) is 5.84. The average Bonchev–Trinajstić information content (AvgIpc) is 3.13. The quantitative estimate of drug-likeness (QED) is 0.678. The van der Waals surface area contributed by atoms with E-state index in [0.29, 0.717) is 31.6 Å². The van der Waals surface area contributed by atoms with Crippen LogP contribution in [0.3, 0.4) is 0 Å². The Kier molecular flexibility index (Phi) is 5.74. The van der Waals surface area contributed by atoms with Gasteiger partial charge in [0.15, 0.2) is 0 Å². The Morgan fingerprint density at radius 1 is 1.16 bits per heavy atom. The number of rotatable bonds is 4. The number of hydrogen-bond donors (Lipinski definition) is 3. The van der Waals surface area contributed by atoms with Gasteiger partial charge < -0.3 is 21.3 Å². The number of alkyl halides is 3. The molecule has 1 saturated carbocycles. The molecule has 166 valence electrons. The molecule has 31 heavy (non-hydrogen) atoms. The maximum atomic E-state index is 13.5. The Hall–Kier alpha value is -2.88. The molecule has 1 amide bonds. The average molecular weight is 434 g/mol. The van der Waals surface area contributed by atoms with Gasteiger partial charge in [0.05, 0.1) is 0 Å². The lowest BCUT2D eigenvalue weighted by molar-refractivity contribution is -0.137. The number of nitrogens with zero attached hydrogens (tertiary/aromatic N) is 3. The number of hydrogen-bond acceptors (Lipinski definition) is 6. The van der Waals surface area contributed by atoms with Crippen LogP contribution in [-0.2, 0) is 24.1 Å². The summed E-state index contributed by atoms with van der Waals surface area (Å²) in [5.41, 5.74) is 7.70. The van der Waals surface area contributed by atoms with Gasteiger partial charge in [-0.3, -0.25) is 4.79 Å². The number of halogens is 3. The summed E-state index contributed by atoms with van der Waals surface area (Å²) in [5, 5.41) is 5.94. The van der Waals surface area contributed by atoms with Crippen LogP contribution >= 0.6 is 0 Å². The molecule has 2 aromatic rings. The SMILES string of the molecule is CC(=O)N1Cc2ccc(Nc3ncc(C(F)(F)F)c(NC4CCC(N)CC4)n3)cc2C1. The number of nitrogens with one attached hydrogen (secondary N) is 2. The smallest absolute Gasteiger partial charge is 0.367 e. The highest BCUT2D eigenvalue weighted by Gasteiger charge is 2.36. The maximum Gasteiger partial charge on any atom is 0.421 e. The zero-order chi connectivity index (χ0) is 22.2. The Balaban J connectivity index is 1.54. The first-order valence-electron chi connectivity index (χ1n) is 10.3. The number of carbonyl (C=O) groups is 1. The zero-order valence-corrected chi connectivity index (χ0v) is 17.2.